The van der Waals surface area contributed by atoms with Crippen molar-refractivity contribution in [1.29, 1.82) is 0 Å². The maximum Gasteiger partial charge on any atom is 0.245 e. The van der Waals surface area contributed by atoms with E-state index < -0.39 is 16.1 Å². The van der Waals surface area contributed by atoms with Crippen molar-refractivity contribution in [3.8, 4) is 5.75 Å². The molecule has 258 valence electrons. The van der Waals surface area contributed by atoms with E-state index in [-0.39, 0.29) is 70.6 Å². The Bertz CT molecular complexity index is 1670. The Hall–Kier alpha value is -2.38. The van der Waals surface area contributed by atoms with Gasteiger partial charge in [0.15, 0.2) is 0 Å². The summed E-state index contributed by atoms with van der Waals surface area (Å²) in [4.78, 5) is 31.9. The fourth-order valence-electron chi connectivity index (χ4n) is 5.97. The molecule has 0 bridgehead atoms. The van der Waals surface area contributed by atoms with Crippen LogP contribution in [0.1, 0.15) is 49.8 Å². The van der Waals surface area contributed by atoms with Crippen LogP contribution in [-0.2, 0) is 26.2 Å². The minimum atomic E-state index is -4.13. The van der Waals surface area contributed by atoms with Gasteiger partial charge < -0.3 is 20.7 Å². The van der Waals surface area contributed by atoms with Gasteiger partial charge >= 0.3 is 0 Å². The van der Waals surface area contributed by atoms with E-state index in [1.807, 2.05) is 36.1 Å². The van der Waals surface area contributed by atoms with Crippen molar-refractivity contribution in [3.05, 3.63) is 63.8 Å². The molecular formula is C32H41Cl4N5O5S. The number of para-hydroxylation sites is 1. The summed E-state index contributed by atoms with van der Waals surface area (Å²) >= 11 is 13.2. The maximum atomic E-state index is 13.9. The quantitative estimate of drug-likeness (QED) is 0.264. The SMILES string of the molecule is Cc1ccc2cccc(OCc3c(Cl)ccc(S(=O)(=O)N4CCC[C@H]4C(=O)NCC4CCN(C(=O)CCCN)CC4)c3Cl)c2n1.Cl.Cl. The van der Waals surface area contributed by atoms with Crippen molar-refractivity contribution in [2.45, 2.75) is 63.0 Å². The zero-order chi connectivity index (χ0) is 32.1. The molecule has 2 aromatic carbocycles. The Morgan fingerprint density at radius 3 is 2.51 bits per heavy atom. The highest BCUT2D eigenvalue weighted by molar-refractivity contribution is 7.89. The fraction of sp³-hybridized carbons (Fsp3) is 0.469. The molecule has 3 heterocycles. The summed E-state index contributed by atoms with van der Waals surface area (Å²) in [6.07, 6.45) is 3.65. The van der Waals surface area contributed by atoms with Gasteiger partial charge in [-0.3, -0.25) is 9.59 Å². The second-order valence-electron chi connectivity index (χ2n) is 11.6. The molecule has 0 spiro atoms. The lowest BCUT2D eigenvalue weighted by Crippen LogP contribution is -2.48. The molecule has 2 fully saturated rings. The van der Waals surface area contributed by atoms with Crippen molar-refractivity contribution >= 4 is 80.8 Å². The molecule has 0 saturated carbocycles. The van der Waals surface area contributed by atoms with Crippen molar-refractivity contribution < 1.29 is 22.7 Å². The predicted octanol–water partition coefficient (Wildman–Crippen LogP) is 5.52. The summed E-state index contributed by atoms with van der Waals surface area (Å²) in [6, 6.07) is 11.5. The molecule has 10 nitrogen and oxygen atoms in total. The molecule has 2 aliphatic rings. The Labute approximate surface area is 298 Å². The number of hydrogen-bond acceptors (Lipinski definition) is 7. The first-order valence-electron chi connectivity index (χ1n) is 15.3. The third kappa shape index (κ3) is 9.00. The molecule has 0 unspecified atom stereocenters. The third-order valence-electron chi connectivity index (χ3n) is 8.57. The van der Waals surface area contributed by atoms with Gasteiger partial charge in [0.05, 0.1) is 5.02 Å². The number of aryl methyl sites for hydroxylation is 1. The molecule has 2 aliphatic heterocycles. The van der Waals surface area contributed by atoms with Crippen LogP contribution in [0, 0.1) is 12.8 Å². The van der Waals surface area contributed by atoms with Crippen LogP contribution in [0.2, 0.25) is 10.0 Å². The number of rotatable bonds is 11. The van der Waals surface area contributed by atoms with Gasteiger partial charge in [-0.25, -0.2) is 13.4 Å². The molecule has 2 saturated heterocycles. The van der Waals surface area contributed by atoms with Crippen LogP contribution in [0.4, 0.5) is 0 Å². The van der Waals surface area contributed by atoms with E-state index in [2.05, 4.69) is 10.3 Å². The van der Waals surface area contributed by atoms with Crippen molar-refractivity contribution in [1.82, 2.24) is 19.5 Å². The molecule has 2 amide bonds. The minimum Gasteiger partial charge on any atom is -0.487 e. The van der Waals surface area contributed by atoms with Crippen molar-refractivity contribution in [3.63, 3.8) is 0 Å². The first-order valence-corrected chi connectivity index (χ1v) is 17.5. The minimum absolute atomic E-state index is 0. The molecule has 47 heavy (non-hydrogen) atoms. The van der Waals surface area contributed by atoms with Gasteiger partial charge in [0.2, 0.25) is 21.8 Å². The number of benzene rings is 2. The number of aromatic nitrogens is 1. The Morgan fingerprint density at radius 1 is 1.04 bits per heavy atom. The molecule has 1 aromatic heterocycles. The highest BCUT2D eigenvalue weighted by Crippen LogP contribution is 2.36. The van der Waals surface area contributed by atoms with Gasteiger partial charge in [0, 0.05) is 54.3 Å². The fourth-order valence-corrected chi connectivity index (χ4v) is 8.49. The van der Waals surface area contributed by atoms with Crippen LogP contribution in [-0.4, -0.2) is 73.2 Å². The highest BCUT2D eigenvalue weighted by atomic mass is 35.5. The number of carbonyl (C=O) groups excluding carboxylic acids is 2. The van der Waals surface area contributed by atoms with E-state index in [4.69, 9.17) is 33.7 Å². The molecule has 3 aromatic rings. The van der Waals surface area contributed by atoms with Crippen LogP contribution in [0.25, 0.3) is 10.9 Å². The smallest absolute Gasteiger partial charge is 0.245 e. The molecule has 3 N–H and O–H groups in total. The van der Waals surface area contributed by atoms with E-state index in [9.17, 15) is 18.0 Å². The van der Waals surface area contributed by atoms with Crippen LogP contribution >= 0.6 is 48.0 Å². The number of nitrogens with two attached hydrogens (primary N) is 1. The Morgan fingerprint density at radius 2 is 1.79 bits per heavy atom. The number of hydrogen-bond donors (Lipinski definition) is 2. The summed E-state index contributed by atoms with van der Waals surface area (Å²) < 4.78 is 35.2. The standard InChI is InChI=1S/C32H39Cl2N5O5S.2ClH/c1-21-9-10-23-5-2-7-27(31(23)37-21)44-20-24-25(33)11-12-28(30(24)34)45(42,43)39-16-4-6-26(39)32(41)36-19-22-13-17-38(18-14-22)29(40)8-3-15-35;;/h2,5,7,9-12,22,26H,3-4,6,8,13-20,35H2,1H3,(H,36,41);2*1H/t26-;;/m0../s1. The molecule has 0 aliphatic carbocycles. The summed E-state index contributed by atoms with van der Waals surface area (Å²) in [5.41, 5.74) is 7.37. The summed E-state index contributed by atoms with van der Waals surface area (Å²) in [5.74, 6) is 0.528. The van der Waals surface area contributed by atoms with E-state index in [0.717, 1.165) is 23.9 Å². The summed E-state index contributed by atoms with van der Waals surface area (Å²) in [6.45, 7) is 4.23. The maximum absolute atomic E-state index is 13.9. The van der Waals surface area contributed by atoms with Gasteiger partial charge in [0.1, 0.15) is 28.8 Å². The highest BCUT2D eigenvalue weighted by Gasteiger charge is 2.41. The number of piperidine rings is 1. The lowest BCUT2D eigenvalue weighted by Gasteiger charge is -2.32. The number of nitrogens with zero attached hydrogens (tertiary/aromatic N) is 3. The number of sulfonamides is 1. The van der Waals surface area contributed by atoms with Gasteiger partial charge in [-0.2, -0.15) is 4.31 Å². The Kier molecular flexibility index (Phi) is 14.4. The number of carbonyl (C=O) groups is 2. The average molecular weight is 750 g/mol. The molecular weight excluding hydrogens is 708 g/mol. The van der Waals surface area contributed by atoms with Crippen molar-refractivity contribution in [2.75, 3.05) is 32.7 Å². The largest absolute Gasteiger partial charge is 0.487 e. The third-order valence-corrected chi connectivity index (χ3v) is 11.4. The van der Waals surface area contributed by atoms with Crippen LogP contribution in [0.15, 0.2) is 47.4 Å². The molecule has 0 radical (unpaired) electrons. The van der Waals surface area contributed by atoms with E-state index in [0.29, 0.717) is 68.7 Å². The van der Waals surface area contributed by atoms with E-state index in [1.165, 1.54) is 16.4 Å². The van der Waals surface area contributed by atoms with Crippen LogP contribution in [0.3, 0.4) is 0 Å². The number of pyridine rings is 1. The van der Waals surface area contributed by atoms with Crippen LogP contribution < -0.4 is 15.8 Å². The lowest BCUT2D eigenvalue weighted by atomic mass is 9.96. The van der Waals surface area contributed by atoms with Crippen LogP contribution in [0.5, 0.6) is 5.75 Å². The molecule has 15 heteroatoms. The Balaban J connectivity index is 0.00000300. The van der Waals surface area contributed by atoms with Crippen molar-refractivity contribution in [2.24, 2.45) is 11.7 Å². The van der Waals surface area contributed by atoms with E-state index in [1.54, 1.807) is 6.07 Å². The number of halogens is 4. The molecule has 5 rings (SSSR count). The van der Waals surface area contributed by atoms with Gasteiger partial charge in [-0.1, -0.05) is 41.4 Å². The second kappa shape index (κ2) is 17.3. The van der Waals surface area contributed by atoms with E-state index >= 15 is 0 Å². The molecule has 1 atom stereocenters. The number of ether oxygens (including phenoxy) is 1. The summed E-state index contributed by atoms with van der Waals surface area (Å²) in [7, 11) is -4.13. The number of likely N-dealkylation sites (tertiary alicyclic amines) is 1. The predicted molar refractivity (Wildman–Crippen MR) is 189 cm³/mol. The number of nitrogens with one attached hydrogen (secondary N) is 1. The second-order valence-corrected chi connectivity index (χ2v) is 14.3. The summed E-state index contributed by atoms with van der Waals surface area (Å²) in [5, 5.41) is 4.11. The lowest BCUT2D eigenvalue weighted by molar-refractivity contribution is -0.133. The topological polar surface area (TPSA) is 135 Å². The number of fused-ring (bicyclic) bond motifs is 1. The zero-order valence-corrected chi connectivity index (χ0v) is 30.1. The zero-order valence-electron chi connectivity index (χ0n) is 26.1. The average Bonchev–Trinajstić information content (AvgIpc) is 3.54. The first-order chi connectivity index (χ1) is 21.6. The number of amides is 2. The first kappa shape index (κ1) is 39.1. The van der Waals surface area contributed by atoms with Gasteiger partial charge in [-0.05, 0) is 75.8 Å². The normalized spacial score (nSPS) is 17.2. The van der Waals surface area contributed by atoms with Gasteiger partial charge in [-0.15, -0.1) is 24.8 Å². The van der Waals surface area contributed by atoms with Gasteiger partial charge in [0.25, 0.3) is 0 Å². The monoisotopic (exact) mass is 747 g/mol.